The Morgan fingerprint density at radius 1 is 1.10 bits per heavy atom. The van der Waals surface area contributed by atoms with Gasteiger partial charge in [-0.15, -0.1) is 0 Å². The molecule has 0 unspecified atom stereocenters. The number of rotatable bonds is 6. The molecule has 21 heavy (non-hydrogen) atoms. The van der Waals surface area contributed by atoms with Gasteiger partial charge in [-0.25, -0.2) is 0 Å². The molecule has 1 aromatic rings. The van der Waals surface area contributed by atoms with Gasteiger partial charge in [0.1, 0.15) is 0 Å². The van der Waals surface area contributed by atoms with Gasteiger partial charge in [-0.3, -0.25) is 14.6 Å². The number of ketones is 1. The number of β-amino-alcohol motifs (C(OH)–C–C–N with tert-alkyl or cyclic N) is 1. The van der Waals surface area contributed by atoms with Crippen LogP contribution >= 0.6 is 0 Å². The van der Waals surface area contributed by atoms with Crippen molar-refractivity contribution >= 4 is 5.78 Å². The Balaban J connectivity index is 1.86. The normalized spacial score (nSPS) is 17.6. The quantitative estimate of drug-likeness (QED) is 0.805. The van der Waals surface area contributed by atoms with E-state index < -0.39 is 0 Å². The van der Waals surface area contributed by atoms with Crippen LogP contribution in [-0.4, -0.2) is 66.6 Å². The van der Waals surface area contributed by atoms with Crippen LogP contribution in [0.15, 0.2) is 24.3 Å². The molecule has 1 aromatic carbocycles. The first-order chi connectivity index (χ1) is 10.2. The third-order valence-corrected chi connectivity index (χ3v) is 4.15. The summed E-state index contributed by atoms with van der Waals surface area (Å²) in [7, 11) is 0. The van der Waals surface area contributed by atoms with Crippen molar-refractivity contribution in [1.82, 2.24) is 9.80 Å². The fourth-order valence-electron chi connectivity index (χ4n) is 2.77. The van der Waals surface area contributed by atoms with Gasteiger partial charge in [-0.1, -0.05) is 31.2 Å². The van der Waals surface area contributed by atoms with Gasteiger partial charge >= 0.3 is 0 Å². The van der Waals surface area contributed by atoms with Crippen molar-refractivity contribution < 1.29 is 9.90 Å². The van der Waals surface area contributed by atoms with Gasteiger partial charge in [0.25, 0.3) is 0 Å². The minimum absolute atomic E-state index is 0.202. The standard InChI is InChI=1S/C17H26N2O2/c1-2-15-4-6-16(7-5-15)17(21)14-19-9-3-8-18(10-11-19)12-13-20/h4-7,20H,2-3,8-14H2,1H3. The molecule has 0 aromatic heterocycles. The van der Waals surface area contributed by atoms with E-state index in [2.05, 4.69) is 16.7 Å². The Kier molecular flexibility index (Phi) is 6.36. The topological polar surface area (TPSA) is 43.8 Å². The molecule has 1 N–H and O–H groups in total. The van der Waals surface area contributed by atoms with E-state index in [9.17, 15) is 4.79 Å². The van der Waals surface area contributed by atoms with Crippen LogP contribution in [0.25, 0.3) is 0 Å². The van der Waals surface area contributed by atoms with E-state index in [1.54, 1.807) is 0 Å². The molecule has 1 heterocycles. The number of aryl methyl sites for hydroxylation is 1. The highest BCUT2D eigenvalue weighted by Crippen LogP contribution is 2.08. The first-order valence-electron chi connectivity index (χ1n) is 7.90. The maximum atomic E-state index is 12.3. The van der Waals surface area contributed by atoms with Crippen molar-refractivity contribution in [1.29, 1.82) is 0 Å². The van der Waals surface area contributed by atoms with Crippen molar-refractivity contribution in [3.63, 3.8) is 0 Å². The van der Waals surface area contributed by atoms with E-state index >= 15 is 0 Å². The van der Waals surface area contributed by atoms with Crippen molar-refractivity contribution in [3.8, 4) is 0 Å². The Labute approximate surface area is 127 Å². The lowest BCUT2D eigenvalue weighted by molar-refractivity contribution is 0.0932. The number of carbonyl (C=O) groups is 1. The summed E-state index contributed by atoms with van der Waals surface area (Å²) < 4.78 is 0. The second kappa shape index (κ2) is 8.27. The van der Waals surface area contributed by atoms with Crippen LogP contribution in [-0.2, 0) is 6.42 Å². The van der Waals surface area contributed by atoms with Crippen LogP contribution in [0.5, 0.6) is 0 Å². The Hall–Kier alpha value is -1.23. The van der Waals surface area contributed by atoms with Crippen LogP contribution in [0.2, 0.25) is 0 Å². The van der Waals surface area contributed by atoms with Crippen LogP contribution in [0.3, 0.4) is 0 Å². The molecule has 0 amide bonds. The van der Waals surface area contributed by atoms with Crippen molar-refractivity contribution in [2.24, 2.45) is 0 Å². The van der Waals surface area contributed by atoms with E-state index in [-0.39, 0.29) is 12.4 Å². The summed E-state index contributed by atoms with van der Waals surface area (Å²) in [6.45, 7) is 7.37. The second-order valence-electron chi connectivity index (χ2n) is 5.67. The zero-order chi connectivity index (χ0) is 15.1. The van der Waals surface area contributed by atoms with Gasteiger partial charge in [-0.2, -0.15) is 0 Å². The highest BCUT2D eigenvalue weighted by Gasteiger charge is 2.17. The molecule has 1 fully saturated rings. The predicted octanol–water partition coefficient (Wildman–Crippen LogP) is 1.43. The predicted molar refractivity (Wildman–Crippen MR) is 84.7 cm³/mol. The van der Waals surface area contributed by atoms with Crippen molar-refractivity contribution in [3.05, 3.63) is 35.4 Å². The third-order valence-electron chi connectivity index (χ3n) is 4.15. The molecule has 1 saturated heterocycles. The first-order valence-corrected chi connectivity index (χ1v) is 7.90. The molecule has 0 spiro atoms. The average molecular weight is 290 g/mol. The number of carbonyl (C=O) groups excluding carboxylic acids is 1. The minimum atomic E-state index is 0.202. The van der Waals surface area contributed by atoms with Crippen molar-refractivity contribution in [2.45, 2.75) is 19.8 Å². The molecule has 1 aliphatic rings. The first kappa shape index (κ1) is 16.1. The maximum absolute atomic E-state index is 12.3. The van der Waals surface area contributed by atoms with Gasteiger partial charge in [0.15, 0.2) is 5.78 Å². The van der Waals surface area contributed by atoms with E-state index in [1.165, 1.54) is 5.56 Å². The third kappa shape index (κ3) is 4.92. The Morgan fingerprint density at radius 2 is 1.76 bits per heavy atom. The molecular weight excluding hydrogens is 264 g/mol. The number of benzene rings is 1. The number of hydrogen-bond donors (Lipinski definition) is 1. The zero-order valence-electron chi connectivity index (χ0n) is 12.9. The molecular formula is C17H26N2O2. The monoisotopic (exact) mass is 290 g/mol. The van der Waals surface area contributed by atoms with E-state index in [0.29, 0.717) is 6.54 Å². The lowest BCUT2D eigenvalue weighted by atomic mass is 10.1. The minimum Gasteiger partial charge on any atom is -0.395 e. The number of aliphatic hydroxyl groups is 1. The zero-order valence-corrected chi connectivity index (χ0v) is 12.9. The Bertz CT molecular complexity index is 445. The van der Waals surface area contributed by atoms with Crippen LogP contribution in [0, 0.1) is 0 Å². The highest BCUT2D eigenvalue weighted by molar-refractivity contribution is 5.97. The summed E-state index contributed by atoms with van der Waals surface area (Å²) in [5.74, 6) is 0.202. The SMILES string of the molecule is CCc1ccc(C(=O)CN2CCCN(CCO)CC2)cc1. The summed E-state index contributed by atoms with van der Waals surface area (Å²) in [6.07, 6.45) is 2.06. The second-order valence-corrected chi connectivity index (χ2v) is 5.67. The van der Waals surface area contributed by atoms with Gasteiger partial charge < -0.3 is 5.11 Å². The summed E-state index contributed by atoms with van der Waals surface area (Å²) in [5.41, 5.74) is 2.07. The van der Waals surface area contributed by atoms with Crippen LogP contribution in [0.1, 0.15) is 29.3 Å². The van der Waals surface area contributed by atoms with E-state index in [1.807, 2.05) is 24.3 Å². The molecule has 1 aliphatic heterocycles. The number of Topliss-reactive ketones (excluding diaryl/α,β-unsaturated/α-hetero) is 1. The number of aliphatic hydroxyl groups excluding tert-OH is 1. The summed E-state index contributed by atoms with van der Waals surface area (Å²) >= 11 is 0. The van der Waals surface area contributed by atoms with E-state index in [0.717, 1.165) is 51.1 Å². The lowest BCUT2D eigenvalue weighted by Gasteiger charge is -2.20. The smallest absolute Gasteiger partial charge is 0.176 e. The van der Waals surface area contributed by atoms with Crippen LogP contribution < -0.4 is 0 Å². The number of nitrogens with zero attached hydrogens (tertiary/aromatic N) is 2. The molecule has 0 radical (unpaired) electrons. The molecule has 4 nitrogen and oxygen atoms in total. The molecule has 0 atom stereocenters. The molecule has 4 heteroatoms. The van der Waals surface area contributed by atoms with Crippen LogP contribution in [0.4, 0.5) is 0 Å². The summed E-state index contributed by atoms with van der Waals surface area (Å²) in [4.78, 5) is 16.8. The molecule has 0 saturated carbocycles. The summed E-state index contributed by atoms with van der Waals surface area (Å²) in [6, 6.07) is 7.96. The molecule has 116 valence electrons. The van der Waals surface area contributed by atoms with Gasteiger partial charge in [0, 0.05) is 25.2 Å². The van der Waals surface area contributed by atoms with Gasteiger partial charge in [-0.05, 0) is 31.5 Å². The fourth-order valence-corrected chi connectivity index (χ4v) is 2.77. The number of hydrogen-bond acceptors (Lipinski definition) is 4. The lowest BCUT2D eigenvalue weighted by Crippen LogP contribution is -2.35. The van der Waals surface area contributed by atoms with Crippen molar-refractivity contribution in [2.75, 3.05) is 45.9 Å². The molecule has 2 rings (SSSR count). The Morgan fingerprint density at radius 3 is 2.43 bits per heavy atom. The average Bonchev–Trinajstić information content (AvgIpc) is 2.73. The van der Waals surface area contributed by atoms with Gasteiger partial charge in [0.2, 0.25) is 0 Å². The maximum Gasteiger partial charge on any atom is 0.176 e. The molecule has 0 aliphatic carbocycles. The fraction of sp³-hybridized carbons (Fsp3) is 0.588. The largest absolute Gasteiger partial charge is 0.395 e. The van der Waals surface area contributed by atoms with Gasteiger partial charge in [0.05, 0.1) is 13.2 Å². The summed E-state index contributed by atoms with van der Waals surface area (Å²) in [5, 5.41) is 9.00. The molecule has 0 bridgehead atoms. The van der Waals surface area contributed by atoms with E-state index in [4.69, 9.17) is 5.11 Å². The highest BCUT2D eigenvalue weighted by atomic mass is 16.3.